The minimum Gasteiger partial charge on any atom is -0.469 e. The normalized spacial score (nSPS) is 11.7. The highest BCUT2D eigenvalue weighted by Gasteiger charge is 2.02. The summed E-state index contributed by atoms with van der Waals surface area (Å²) < 4.78 is 5.24. The van der Waals surface area contributed by atoms with E-state index in [1.54, 1.807) is 18.5 Å². The first-order valence-corrected chi connectivity index (χ1v) is 5.95. The lowest BCUT2D eigenvalue weighted by Gasteiger charge is -2.05. The Labute approximate surface area is 110 Å². The molecule has 4 N–H and O–H groups in total. The Hall–Kier alpha value is -2.34. The predicted molar refractivity (Wildman–Crippen MR) is 70.9 cm³/mol. The zero-order valence-corrected chi connectivity index (χ0v) is 10.4. The fourth-order valence-corrected chi connectivity index (χ4v) is 1.67. The van der Waals surface area contributed by atoms with Gasteiger partial charge in [-0.3, -0.25) is 4.98 Å². The number of pyridine rings is 1. The Bertz CT molecular complexity index is 537. The van der Waals surface area contributed by atoms with E-state index < -0.39 is 0 Å². The molecule has 0 aliphatic rings. The van der Waals surface area contributed by atoms with Crippen molar-refractivity contribution in [1.82, 2.24) is 10.3 Å². The number of rotatable bonds is 6. The molecule has 2 aromatic rings. The Kier molecular flexibility index (Phi) is 4.52. The number of aromatic nitrogens is 1. The summed E-state index contributed by atoms with van der Waals surface area (Å²) in [6, 6.07) is 7.50. The lowest BCUT2D eigenvalue weighted by molar-refractivity contribution is 0.318. The van der Waals surface area contributed by atoms with Gasteiger partial charge in [-0.25, -0.2) is 0 Å². The maximum atomic E-state index is 8.60. The second-order valence-corrected chi connectivity index (χ2v) is 4.04. The summed E-state index contributed by atoms with van der Waals surface area (Å²) in [6.07, 6.45) is 4.14. The van der Waals surface area contributed by atoms with Crippen LogP contribution in [0.5, 0.6) is 0 Å². The van der Waals surface area contributed by atoms with Crippen molar-refractivity contribution >= 4 is 5.84 Å². The van der Waals surface area contributed by atoms with Gasteiger partial charge < -0.3 is 20.7 Å². The van der Waals surface area contributed by atoms with Crippen molar-refractivity contribution in [3.63, 3.8) is 0 Å². The summed E-state index contributed by atoms with van der Waals surface area (Å²) in [6.45, 7) is 1.50. The standard InChI is InChI=1S/C13H16N4O2/c14-13(17-18)12-8-10(3-6-16-12)9-15-5-4-11-2-1-7-19-11/h1-3,6-8,15,18H,4-5,9H2,(H2,14,17). The Balaban J connectivity index is 1.82. The molecule has 0 unspecified atom stereocenters. The number of oxime groups is 1. The van der Waals surface area contributed by atoms with E-state index in [1.807, 2.05) is 18.2 Å². The minimum atomic E-state index is 0.0115. The van der Waals surface area contributed by atoms with Gasteiger partial charge in [0.1, 0.15) is 11.5 Å². The first-order chi connectivity index (χ1) is 9.29. The Morgan fingerprint density at radius 2 is 2.37 bits per heavy atom. The van der Waals surface area contributed by atoms with Crippen LogP contribution in [0, 0.1) is 0 Å². The molecule has 2 aromatic heterocycles. The minimum absolute atomic E-state index is 0.0115. The molecule has 0 aliphatic heterocycles. The zero-order chi connectivity index (χ0) is 13.5. The second-order valence-electron chi connectivity index (χ2n) is 4.04. The van der Waals surface area contributed by atoms with Gasteiger partial charge in [0.15, 0.2) is 5.84 Å². The van der Waals surface area contributed by atoms with Crippen molar-refractivity contribution in [2.45, 2.75) is 13.0 Å². The topological polar surface area (TPSA) is 96.7 Å². The molecule has 0 saturated carbocycles. The van der Waals surface area contributed by atoms with Gasteiger partial charge >= 0.3 is 0 Å². The summed E-state index contributed by atoms with van der Waals surface area (Å²) in [7, 11) is 0. The SMILES string of the molecule is NC(=NO)c1cc(CNCCc2ccco2)ccn1. The van der Waals surface area contributed by atoms with Crippen LogP contribution in [0.3, 0.4) is 0 Å². The molecule has 2 heterocycles. The second kappa shape index (κ2) is 6.55. The van der Waals surface area contributed by atoms with E-state index in [1.165, 1.54) is 0 Å². The van der Waals surface area contributed by atoms with Gasteiger partial charge in [0, 0.05) is 25.7 Å². The summed E-state index contributed by atoms with van der Waals surface area (Å²) in [4.78, 5) is 4.02. The molecule has 0 fully saturated rings. The van der Waals surface area contributed by atoms with Gasteiger partial charge in [-0.15, -0.1) is 0 Å². The highest BCUT2D eigenvalue weighted by molar-refractivity contribution is 5.95. The molecule has 0 radical (unpaired) electrons. The van der Waals surface area contributed by atoms with Crippen molar-refractivity contribution < 1.29 is 9.62 Å². The average Bonchev–Trinajstić information content (AvgIpc) is 2.96. The van der Waals surface area contributed by atoms with Crippen LogP contribution in [0.15, 0.2) is 46.3 Å². The van der Waals surface area contributed by atoms with Crippen LogP contribution in [0.2, 0.25) is 0 Å². The van der Waals surface area contributed by atoms with Crippen molar-refractivity contribution in [1.29, 1.82) is 0 Å². The third kappa shape index (κ3) is 3.82. The van der Waals surface area contributed by atoms with Gasteiger partial charge in [0.05, 0.1) is 6.26 Å². The molecule has 100 valence electrons. The first kappa shape index (κ1) is 13.1. The fraction of sp³-hybridized carbons (Fsp3) is 0.231. The largest absolute Gasteiger partial charge is 0.469 e. The molecular weight excluding hydrogens is 244 g/mol. The van der Waals surface area contributed by atoms with Gasteiger partial charge in [0.2, 0.25) is 0 Å². The van der Waals surface area contributed by atoms with E-state index in [-0.39, 0.29) is 5.84 Å². The number of hydrogen-bond donors (Lipinski definition) is 3. The van der Waals surface area contributed by atoms with E-state index >= 15 is 0 Å². The summed E-state index contributed by atoms with van der Waals surface area (Å²) in [5, 5.41) is 14.8. The molecule has 6 nitrogen and oxygen atoms in total. The maximum Gasteiger partial charge on any atom is 0.188 e. The molecule has 0 spiro atoms. The highest BCUT2D eigenvalue weighted by Crippen LogP contribution is 2.03. The molecule has 19 heavy (non-hydrogen) atoms. The fourth-order valence-electron chi connectivity index (χ4n) is 1.67. The van der Waals surface area contributed by atoms with E-state index in [0.717, 1.165) is 24.3 Å². The van der Waals surface area contributed by atoms with Crippen LogP contribution in [0.4, 0.5) is 0 Å². The number of nitrogens with zero attached hydrogens (tertiary/aromatic N) is 2. The van der Waals surface area contributed by atoms with E-state index in [4.69, 9.17) is 15.4 Å². The van der Waals surface area contributed by atoms with Crippen LogP contribution in [-0.4, -0.2) is 22.6 Å². The highest BCUT2D eigenvalue weighted by atomic mass is 16.4. The van der Waals surface area contributed by atoms with Gasteiger partial charge in [-0.2, -0.15) is 0 Å². The Morgan fingerprint density at radius 3 is 3.11 bits per heavy atom. The van der Waals surface area contributed by atoms with Crippen molar-refractivity contribution in [2.24, 2.45) is 10.9 Å². The number of furan rings is 1. The number of amidine groups is 1. The molecule has 0 aliphatic carbocycles. The zero-order valence-electron chi connectivity index (χ0n) is 10.4. The molecule has 0 saturated heterocycles. The third-order valence-corrected chi connectivity index (χ3v) is 2.65. The molecular formula is C13H16N4O2. The molecule has 0 amide bonds. The number of nitrogens with two attached hydrogens (primary N) is 1. The monoisotopic (exact) mass is 260 g/mol. The van der Waals surface area contributed by atoms with Crippen LogP contribution in [0.1, 0.15) is 17.0 Å². The van der Waals surface area contributed by atoms with Crippen molar-refractivity contribution in [3.8, 4) is 0 Å². The van der Waals surface area contributed by atoms with Crippen molar-refractivity contribution in [3.05, 3.63) is 53.7 Å². The quantitative estimate of drug-likeness (QED) is 0.237. The summed E-state index contributed by atoms with van der Waals surface area (Å²) in [5.74, 6) is 0.969. The molecule has 0 aromatic carbocycles. The third-order valence-electron chi connectivity index (χ3n) is 2.65. The average molecular weight is 260 g/mol. The first-order valence-electron chi connectivity index (χ1n) is 5.95. The smallest absolute Gasteiger partial charge is 0.188 e. The maximum absolute atomic E-state index is 8.60. The Morgan fingerprint density at radius 1 is 1.47 bits per heavy atom. The van der Waals surface area contributed by atoms with Gasteiger partial charge in [-0.1, -0.05) is 5.16 Å². The predicted octanol–water partition coefficient (Wildman–Crippen LogP) is 1.10. The van der Waals surface area contributed by atoms with E-state index in [0.29, 0.717) is 12.2 Å². The van der Waals surface area contributed by atoms with Crippen LogP contribution < -0.4 is 11.1 Å². The lowest BCUT2D eigenvalue weighted by Crippen LogP contribution is -2.18. The van der Waals surface area contributed by atoms with Gasteiger partial charge in [0.25, 0.3) is 0 Å². The lowest BCUT2D eigenvalue weighted by atomic mass is 10.2. The van der Waals surface area contributed by atoms with E-state index in [2.05, 4.69) is 15.5 Å². The van der Waals surface area contributed by atoms with E-state index in [9.17, 15) is 0 Å². The number of hydrogen-bond acceptors (Lipinski definition) is 5. The van der Waals surface area contributed by atoms with Crippen molar-refractivity contribution in [2.75, 3.05) is 6.54 Å². The molecule has 0 bridgehead atoms. The number of nitrogens with one attached hydrogen (secondary N) is 1. The van der Waals surface area contributed by atoms with Gasteiger partial charge in [-0.05, 0) is 29.8 Å². The summed E-state index contributed by atoms with van der Waals surface area (Å²) in [5.41, 5.74) is 6.98. The van der Waals surface area contributed by atoms with Crippen LogP contribution >= 0.6 is 0 Å². The molecule has 6 heteroatoms. The van der Waals surface area contributed by atoms with Crippen LogP contribution in [-0.2, 0) is 13.0 Å². The van der Waals surface area contributed by atoms with Crippen LogP contribution in [0.25, 0.3) is 0 Å². The summed E-state index contributed by atoms with van der Waals surface area (Å²) >= 11 is 0. The molecule has 2 rings (SSSR count). The molecule has 0 atom stereocenters.